The van der Waals surface area contributed by atoms with Gasteiger partial charge in [-0.15, -0.1) is 0 Å². The molecule has 30 heavy (non-hydrogen) atoms. The maximum absolute atomic E-state index is 5.59. The number of fused-ring (bicyclic) bond motifs is 1. The third kappa shape index (κ3) is 5.27. The molecule has 2 heterocycles. The Kier molecular flexibility index (Phi) is 6.77. The highest BCUT2D eigenvalue weighted by Crippen LogP contribution is 2.19. The minimum Gasteiger partial charge on any atom is -0.444 e. The topological polar surface area (TPSA) is 65.7 Å². The normalized spacial score (nSPS) is 14.4. The van der Waals surface area contributed by atoms with Crippen molar-refractivity contribution in [3.05, 3.63) is 77.7 Å². The summed E-state index contributed by atoms with van der Waals surface area (Å²) in [7, 11) is 1.79. The van der Waals surface area contributed by atoms with Crippen molar-refractivity contribution in [1.29, 1.82) is 0 Å². The van der Waals surface area contributed by atoms with Gasteiger partial charge in [0, 0.05) is 38.8 Å². The lowest BCUT2D eigenvalue weighted by Gasteiger charge is -2.28. The van der Waals surface area contributed by atoms with Crippen molar-refractivity contribution < 1.29 is 4.42 Å². The van der Waals surface area contributed by atoms with Crippen LogP contribution >= 0.6 is 0 Å². The molecule has 0 spiro atoms. The predicted molar refractivity (Wildman–Crippen MR) is 120 cm³/mol. The number of nitrogens with one attached hydrogen (secondary N) is 2. The number of guanidine groups is 1. The molecule has 4 rings (SSSR count). The molecule has 1 aromatic heterocycles. The first-order chi connectivity index (χ1) is 14.8. The number of nitrogens with zero attached hydrogens (tertiary/aromatic N) is 3. The van der Waals surface area contributed by atoms with E-state index in [9.17, 15) is 0 Å². The third-order valence-electron chi connectivity index (χ3n) is 5.39. The van der Waals surface area contributed by atoms with Crippen molar-refractivity contribution in [1.82, 2.24) is 20.5 Å². The van der Waals surface area contributed by atoms with Crippen molar-refractivity contribution in [2.24, 2.45) is 4.99 Å². The van der Waals surface area contributed by atoms with Crippen LogP contribution in [0.2, 0.25) is 0 Å². The van der Waals surface area contributed by atoms with E-state index in [1.807, 2.05) is 30.3 Å². The molecule has 1 aliphatic heterocycles. The Bertz CT molecular complexity index is 966. The smallest absolute Gasteiger partial charge is 0.226 e. The quantitative estimate of drug-likeness (QED) is 0.359. The average molecular weight is 404 g/mol. The monoisotopic (exact) mass is 403 g/mol. The van der Waals surface area contributed by atoms with Crippen LogP contribution in [-0.2, 0) is 19.5 Å². The van der Waals surface area contributed by atoms with Crippen molar-refractivity contribution >= 4 is 5.96 Å². The molecule has 2 aromatic carbocycles. The fraction of sp³-hybridized carbons (Fsp3) is 0.333. The van der Waals surface area contributed by atoms with Gasteiger partial charge in [-0.05, 0) is 36.1 Å². The Morgan fingerprint density at radius 3 is 2.70 bits per heavy atom. The van der Waals surface area contributed by atoms with Crippen LogP contribution in [0.1, 0.15) is 23.2 Å². The van der Waals surface area contributed by atoms with Crippen LogP contribution in [0.5, 0.6) is 0 Å². The Balaban J connectivity index is 1.18. The van der Waals surface area contributed by atoms with Crippen molar-refractivity contribution in [3.8, 4) is 11.5 Å². The van der Waals surface area contributed by atoms with E-state index in [0.29, 0.717) is 12.4 Å². The second-order valence-corrected chi connectivity index (χ2v) is 7.51. The lowest BCUT2D eigenvalue weighted by molar-refractivity contribution is 0.251. The molecule has 0 atom stereocenters. The van der Waals surface area contributed by atoms with Gasteiger partial charge in [0.05, 0.1) is 12.2 Å². The molecule has 0 amide bonds. The van der Waals surface area contributed by atoms with Gasteiger partial charge in [0.2, 0.25) is 5.89 Å². The number of aromatic nitrogens is 1. The van der Waals surface area contributed by atoms with Crippen LogP contribution in [0, 0.1) is 0 Å². The zero-order valence-corrected chi connectivity index (χ0v) is 17.5. The lowest BCUT2D eigenvalue weighted by atomic mass is 10.00. The molecule has 0 saturated heterocycles. The molecular weight excluding hydrogens is 374 g/mol. The first-order valence-corrected chi connectivity index (χ1v) is 10.6. The Labute approximate surface area is 178 Å². The summed E-state index contributed by atoms with van der Waals surface area (Å²) in [6.45, 7) is 4.73. The molecule has 0 saturated carbocycles. The van der Waals surface area contributed by atoms with E-state index in [1.54, 1.807) is 13.3 Å². The molecule has 0 bridgehead atoms. The van der Waals surface area contributed by atoms with Gasteiger partial charge in [-0.25, -0.2) is 4.98 Å². The van der Waals surface area contributed by atoms with E-state index in [2.05, 4.69) is 49.8 Å². The average Bonchev–Trinajstić information content (AvgIpc) is 3.28. The molecule has 0 unspecified atom stereocenters. The molecule has 156 valence electrons. The van der Waals surface area contributed by atoms with Crippen molar-refractivity contribution in [2.75, 3.05) is 26.7 Å². The van der Waals surface area contributed by atoms with Gasteiger partial charge in [0.15, 0.2) is 5.96 Å². The van der Waals surface area contributed by atoms with E-state index in [-0.39, 0.29) is 0 Å². The van der Waals surface area contributed by atoms with Gasteiger partial charge < -0.3 is 15.1 Å². The zero-order chi connectivity index (χ0) is 20.6. The summed E-state index contributed by atoms with van der Waals surface area (Å²) in [5, 5.41) is 6.70. The molecule has 1 aliphatic rings. The highest BCUT2D eigenvalue weighted by Gasteiger charge is 2.15. The van der Waals surface area contributed by atoms with Crippen LogP contribution in [0.15, 0.2) is 70.3 Å². The molecule has 2 N–H and O–H groups in total. The van der Waals surface area contributed by atoms with Gasteiger partial charge >= 0.3 is 0 Å². The predicted octanol–water partition coefficient (Wildman–Crippen LogP) is 3.46. The fourth-order valence-electron chi connectivity index (χ4n) is 3.75. The third-order valence-corrected chi connectivity index (χ3v) is 5.39. The van der Waals surface area contributed by atoms with Gasteiger partial charge in [0.25, 0.3) is 0 Å². The first kappa shape index (κ1) is 20.2. The van der Waals surface area contributed by atoms with Crippen LogP contribution < -0.4 is 10.6 Å². The minimum absolute atomic E-state index is 0.568. The Morgan fingerprint density at radius 1 is 1.07 bits per heavy atom. The first-order valence-electron chi connectivity index (χ1n) is 10.6. The van der Waals surface area contributed by atoms with E-state index < -0.39 is 0 Å². The molecule has 0 aliphatic carbocycles. The van der Waals surface area contributed by atoms with Crippen LogP contribution in [-0.4, -0.2) is 42.5 Å². The fourth-order valence-corrected chi connectivity index (χ4v) is 3.75. The largest absolute Gasteiger partial charge is 0.444 e. The van der Waals surface area contributed by atoms with E-state index in [4.69, 9.17) is 4.42 Å². The lowest BCUT2D eigenvalue weighted by Crippen LogP contribution is -2.39. The van der Waals surface area contributed by atoms with Crippen molar-refractivity contribution in [2.45, 2.75) is 25.9 Å². The molecule has 0 fully saturated rings. The summed E-state index contributed by atoms with van der Waals surface area (Å²) in [6.07, 6.45) is 3.91. The summed E-state index contributed by atoms with van der Waals surface area (Å²) in [5.74, 6) is 1.42. The van der Waals surface area contributed by atoms with E-state index in [1.165, 1.54) is 11.1 Å². The van der Waals surface area contributed by atoms with E-state index in [0.717, 1.165) is 56.2 Å². The SMILES string of the molecule is CN=C(NCCCN1CCc2ccccc2C1)NCc1coc(-c2ccccc2)n1. The van der Waals surface area contributed by atoms with Gasteiger partial charge in [0.1, 0.15) is 6.26 Å². The molecule has 6 heteroatoms. The second-order valence-electron chi connectivity index (χ2n) is 7.51. The molecular formula is C24H29N5O. The maximum atomic E-state index is 5.59. The second kappa shape index (κ2) is 10.1. The Morgan fingerprint density at radius 2 is 1.87 bits per heavy atom. The standard InChI is InChI=1S/C24H29N5O/c1-25-24(27-16-22-18-30-23(28-22)20-9-3-2-4-10-20)26-13-7-14-29-15-12-19-8-5-6-11-21(19)17-29/h2-6,8-11,18H,7,12-17H2,1H3,(H2,25,26,27). The molecule has 0 radical (unpaired) electrons. The number of benzene rings is 2. The van der Waals surface area contributed by atoms with Gasteiger partial charge in [-0.2, -0.15) is 0 Å². The van der Waals surface area contributed by atoms with Crippen LogP contribution in [0.4, 0.5) is 0 Å². The number of rotatable bonds is 7. The summed E-state index contributed by atoms with van der Waals surface area (Å²) >= 11 is 0. The highest BCUT2D eigenvalue weighted by molar-refractivity contribution is 5.79. The number of hydrogen-bond acceptors (Lipinski definition) is 4. The summed E-state index contributed by atoms with van der Waals surface area (Å²) < 4.78 is 5.59. The molecule has 3 aromatic rings. The minimum atomic E-state index is 0.568. The van der Waals surface area contributed by atoms with E-state index >= 15 is 0 Å². The molecule has 6 nitrogen and oxygen atoms in total. The van der Waals surface area contributed by atoms with Gasteiger partial charge in [-0.1, -0.05) is 42.5 Å². The number of oxazole rings is 1. The van der Waals surface area contributed by atoms with Crippen LogP contribution in [0.25, 0.3) is 11.5 Å². The summed E-state index contributed by atoms with van der Waals surface area (Å²) in [5.41, 5.74) is 4.80. The summed E-state index contributed by atoms with van der Waals surface area (Å²) in [6, 6.07) is 18.7. The summed E-state index contributed by atoms with van der Waals surface area (Å²) in [4.78, 5) is 11.4. The Hall–Kier alpha value is -3.12. The highest BCUT2D eigenvalue weighted by atomic mass is 16.3. The zero-order valence-electron chi connectivity index (χ0n) is 17.5. The van der Waals surface area contributed by atoms with Crippen molar-refractivity contribution in [3.63, 3.8) is 0 Å². The maximum Gasteiger partial charge on any atom is 0.226 e. The van der Waals surface area contributed by atoms with Crippen LogP contribution in [0.3, 0.4) is 0 Å². The number of aliphatic imine (C=N–C) groups is 1. The van der Waals surface area contributed by atoms with Gasteiger partial charge in [-0.3, -0.25) is 9.89 Å². The number of hydrogen-bond donors (Lipinski definition) is 2.